The molecule has 38 heavy (non-hydrogen) atoms. The van der Waals surface area contributed by atoms with E-state index in [-0.39, 0.29) is 23.8 Å². The molecule has 3 aromatic heterocycles. The molecule has 12 heteroatoms. The number of hydrogen-bond donors (Lipinski definition) is 2. The molecule has 0 aliphatic carbocycles. The smallest absolute Gasteiger partial charge is 0.326 e. The summed E-state index contributed by atoms with van der Waals surface area (Å²) in [4.78, 5) is 53.6. The fourth-order valence-electron chi connectivity index (χ4n) is 4.77. The van der Waals surface area contributed by atoms with Crippen LogP contribution in [-0.2, 0) is 9.59 Å². The lowest BCUT2D eigenvalue weighted by Gasteiger charge is -2.27. The number of aromatic nitrogens is 3. The molecule has 2 fully saturated rings. The highest BCUT2D eigenvalue weighted by molar-refractivity contribution is 7.13. The van der Waals surface area contributed by atoms with Crippen molar-refractivity contribution >= 4 is 40.8 Å². The summed E-state index contributed by atoms with van der Waals surface area (Å²) < 4.78 is 5.89. The molecule has 0 bridgehead atoms. The maximum absolute atomic E-state index is 13.0. The number of amides is 4. The van der Waals surface area contributed by atoms with Crippen molar-refractivity contribution in [2.75, 3.05) is 36.9 Å². The van der Waals surface area contributed by atoms with Gasteiger partial charge in [-0.25, -0.2) is 9.78 Å². The lowest BCUT2D eigenvalue weighted by Crippen LogP contribution is -2.46. The number of hydrogen-bond acceptors (Lipinski definition) is 8. The molecule has 4 amide bonds. The number of nitrogens with one attached hydrogen (secondary N) is 2. The molecule has 5 heterocycles. The van der Waals surface area contributed by atoms with Crippen molar-refractivity contribution in [2.45, 2.75) is 32.2 Å². The summed E-state index contributed by atoms with van der Waals surface area (Å²) in [6, 6.07) is 8.07. The van der Waals surface area contributed by atoms with E-state index in [9.17, 15) is 14.4 Å². The minimum Gasteiger partial charge on any atom is -0.477 e. The molecule has 3 aromatic rings. The van der Waals surface area contributed by atoms with E-state index in [1.54, 1.807) is 40.9 Å². The van der Waals surface area contributed by atoms with Crippen LogP contribution in [0.25, 0.3) is 10.6 Å². The summed E-state index contributed by atoms with van der Waals surface area (Å²) in [7, 11) is 0. The van der Waals surface area contributed by atoms with Gasteiger partial charge in [-0.2, -0.15) is 4.98 Å². The second kappa shape index (κ2) is 11.5. The van der Waals surface area contributed by atoms with Crippen LogP contribution in [0.15, 0.2) is 48.1 Å². The van der Waals surface area contributed by atoms with Crippen molar-refractivity contribution in [3.63, 3.8) is 0 Å². The molecule has 2 unspecified atom stereocenters. The van der Waals surface area contributed by atoms with Crippen molar-refractivity contribution in [3.05, 3.63) is 48.1 Å². The predicted molar refractivity (Wildman–Crippen MR) is 143 cm³/mol. The summed E-state index contributed by atoms with van der Waals surface area (Å²) in [5.41, 5.74) is 0.927. The Morgan fingerprint density at radius 2 is 1.87 bits per heavy atom. The second-order valence-corrected chi connectivity index (χ2v) is 10.2. The van der Waals surface area contributed by atoms with Crippen LogP contribution in [0.2, 0.25) is 0 Å². The van der Waals surface area contributed by atoms with Crippen LogP contribution in [0.5, 0.6) is 5.88 Å². The summed E-state index contributed by atoms with van der Waals surface area (Å²) in [5, 5.41) is 7.97. The normalized spacial score (nSPS) is 18.9. The highest BCUT2D eigenvalue weighted by atomic mass is 32.1. The number of rotatable bonds is 7. The van der Waals surface area contributed by atoms with Crippen molar-refractivity contribution in [1.29, 1.82) is 0 Å². The van der Waals surface area contributed by atoms with E-state index in [4.69, 9.17) is 4.74 Å². The van der Waals surface area contributed by atoms with E-state index in [1.807, 2.05) is 17.0 Å². The van der Waals surface area contributed by atoms with Gasteiger partial charge in [-0.05, 0) is 37.5 Å². The third-order valence-corrected chi connectivity index (χ3v) is 7.54. The Labute approximate surface area is 224 Å². The van der Waals surface area contributed by atoms with Gasteiger partial charge >= 0.3 is 6.03 Å². The zero-order valence-electron chi connectivity index (χ0n) is 21.0. The van der Waals surface area contributed by atoms with E-state index in [0.29, 0.717) is 43.8 Å². The van der Waals surface area contributed by atoms with Gasteiger partial charge in [0.15, 0.2) is 0 Å². The summed E-state index contributed by atoms with van der Waals surface area (Å²) in [6.07, 6.45) is 5.80. The molecule has 0 aromatic carbocycles. The molecule has 2 aliphatic rings. The van der Waals surface area contributed by atoms with Gasteiger partial charge in [-0.1, -0.05) is 6.07 Å². The highest BCUT2D eigenvalue weighted by Crippen LogP contribution is 2.26. The van der Waals surface area contributed by atoms with E-state index in [2.05, 4.69) is 25.6 Å². The standard InChI is InChI=1S/C26H29N7O4S/c1-17(34)33-12-3-4-20(33)25(35)32-13-9-18(14-32)15-37-23-6-2-5-21(28-23)30-26(36)31-22-16-38-24(29-22)19-7-10-27-11-8-19/h2,5-8,10-11,16,18,20H,3-4,9,12-15H2,1H3,(H2,28,30,31,36). The van der Waals surface area contributed by atoms with Gasteiger partial charge in [-0.3, -0.25) is 25.2 Å². The lowest BCUT2D eigenvalue weighted by atomic mass is 10.1. The average molecular weight is 536 g/mol. The Balaban J connectivity index is 1.10. The SMILES string of the molecule is CC(=O)N1CCCC1C(=O)N1CCC(COc2cccc(NC(=O)Nc3csc(-c4ccncc4)n3)n2)C1. The van der Waals surface area contributed by atoms with Crippen molar-refractivity contribution < 1.29 is 19.1 Å². The van der Waals surface area contributed by atoms with E-state index >= 15 is 0 Å². The first-order chi connectivity index (χ1) is 18.5. The van der Waals surface area contributed by atoms with Crippen LogP contribution in [0, 0.1) is 5.92 Å². The van der Waals surface area contributed by atoms with Gasteiger partial charge in [0.25, 0.3) is 0 Å². The largest absolute Gasteiger partial charge is 0.477 e. The number of urea groups is 1. The maximum Gasteiger partial charge on any atom is 0.326 e. The van der Waals surface area contributed by atoms with Crippen molar-refractivity contribution in [1.82, 2.24) is 24.8 Å². The fourth-order valence-corrected chi connectivity index (χ4v) is 5.53. The first-order valence-corrected chi connectivity index (χ1v) is 13.4. The molecule has 2 aliphatic heterocycles. The monoisotopic (exact) mass is 535 g/mol. The summed E-state index contributed by atoms with van der Waals surface area (Å²) >= 11 is 1.42. The molecular formula is C26H29N7O4S. The number of pyridine rings is 2. The minimum absolute atomic E-state index is 0.0311. The molecule has 0 saturated carbocycles. The molecule has 11 nitrogen and oxygen atoms in total. The molecule has 5 rings (SSSR count). The quantitative estimate of drug-likeness (QED) is 0.474. The van der Waals surface area contributed by atoms with Gasteiger partial charge in [0.1, 0.15) is 22.7 Å². The van der Waals surface area contributed by atoms with Gasteiger partial charge in [0.2, 0.25) is 17.7 Å². The molecule has 198 valence electrons. The zero-order valence-corrected chi connectivity index (χ0v) is 21.8. The number of thiazole rings is 1. The molecule has 0 spiro atoms. The summed E-state index contributed by atoms with van der Waals surface area (Å²) in [6.45, 7) is 3.83. The fraction of sp³-hybridized carbons (Fsp3) is 0.385. The first-order valence-electron chi connectivity index (χ1n) is 12.6. The van der Waals surface area contributed by atoms with Crippen LogP contribution in [-0.4, -0.2) is 74.9 Å². The molecule has 2 atom stereocenters. The van der Waals surface area contributed by atoms with E-state index in [1.165, 1.54) is 18.3 Å². The molecular weight excluding hydrogens is 506 g/mol. The zero-order chi connectivity index (χ0) is 26.5. The van der Waals surface area contributed by atoms with Crippen LogP contribution in [0.1, 0.15) is 26.2 Å². The van der Waals surface area contributed by atoms with E-state index < -0.39 is 6.03 Å². The maximum atomic E-state index is 13.0. The van der Waals surface area contributed by atoms with Gasteiger partial charge in [-0.15, -0.1) is 11.3 Å². The number of likely N-dealkylation sites (tertiary alicyclic amines) is 2. The predicted octanol–water partition coefficient (Wildman–Crippen LogP) is 3.48. The number of carbonyl (C=O) groups excluding carboxylic acids is 3. The Morgan fingerprint density at radius 1 is 1.05 bits per heavy atom. The number of ether oxygens (including phenoxy) is 1. The Morgan fingerprint density at radius 3 is 2.68 bits per heavy atom. The van der Waals surface area contributed by atoms with Crippen LogP contribution in [0.3, 0.4) is 0 Å². The number of nitrogens with zero attached hydrogens (tertiary/aromatic N) is 5. The number of carbonyl (C=O) groups is 3. The van der Waals surface area contributed by atoms with Crippen LogP contribution >= 0.6 is 11.3 Å². The Kier molecular flexibility index (Phi) is 7.78. The molecule has 2 N–H and O–H groups in total. The number of anilines is 2. The highest BCUT2D eigenvalue weighted by Gasteiger charge is 2.37. The van der Waals surface area contributed by atoms with E-state index in [0.717, 1.165) is 29.8 Å². The van der Waals surface area contributed by atoms with Crippen molar-refractivity contribution in [2.24, 2.45) is 5.92 Å². The van der Waals surface area contributed by atoms with Gasteiger partial charge in [0, 0.05) is 61.9 Å². The van der Waals surface area contributed by atoms with Crippen LogP contribution in [0.4, 0.5) is 16.4 Å². The third kappa shape index (κ3) is 6.08. The lowest BCUT2D eigenvalue weighted by molar-refractivity contribution is -0.142. The molecule has 0 radical (unpaired) electrons. The average Bonchev–Trinajstić information content (AvgIpc) is 3.69. The van der Waals surface area contributed by atoms with Crippen LogP contribution < -0.4 is 15.4 Å². The first kappa shape index (κ1) is 25.6. The Hall–Kier alpha value is -4.06. The second-order valence-electron chi connectivity index (χ2n) is 9.33. The van der Waals surface area contributed by atoms with Gasteiger partial charge < -0.3 is 14.5 Å². The Bertz CT molecular complexity index is 1300. The summed E-state index contributed by atoms with van der Waals surface area (Å²) in [5.74, 6) is 1.33. The van der Waals surface area contributed by atoms with Crippen molar-refractivity contribution in [3.8, 4) is 16.5 Å². The minimum atomic E-state index is -0.460. The molecule has 2 saturated heterocycles. The topological polar surface area (TPSA) is 130 Å². The van der Waals surface area contributed by atoms with Gasteiger partial charge in [0.05, 0.1) is 6.61 Å². The third-order valence-electron chi connectivity index (χ3n) is 6.64.